The zero-order chi connectivity index (χ0) is 22.9. The van der Waals surface area contributed by atoms with Crippen LogP contribution >= 0.6 is 11.6 Å². The Morgan fingerprint density at radius 2 is 1.81 bits per heavy atom. The average molecular weight is 478 g/mol. The summed E-state index contributed by atoms with van der Waals surface area (Å²) in [6.07, 6.45) is 3.68. The highest BCUT2D eigenvalue weighted by Gasteiger charge is 2.26. The van der Waals surface area contributed by atoms with E-state index < -0.39 is 21.7 Å². The van der Waals surface area contributed by atoms with Gasteiger partial charge in [-0.25, -0.2) is 13.2 Å². The van der Waals surface area contributed by atoms with E-state index in [2.05, 4.69) is 5.32 Å². The van der Waals surface area contributed by atoms with Crippen LogP contribution in [0.4, 0.5) is 5.69 Å². The molecule has 2 heterocycles. The van der Waals surface area contributed by atoms with Gasteiger partial charge in [-0.05, 0) is 49.6 Å². The van der Waals surface area contributed by atoms with E-state index >= 15 is 0 Å². The highest BCUT2D eigenvalue weighted by molar-refractivity contribution is 7.89. The molecular formula is C22H24ClN3O5S. The summed E-state index contributed by atoms with van der Waals surface area (Å²) in [7, 11) is -3.68. The monoisotopic (exact) mass is 477 g/mol. The van der Waals surface area contributed by atoms with Gasteiger partial charge in [-0.1, -0.05) is 30.5 Å². The largest absolute Gasteiger partial charge is 0.420 e. The number of fused-ring (bicyclic) bond motifs is 1. The molecule has 0 atom stereocenters. The molecular weight excluding hydrogens is 454 g/mol. The van der Waals surface area contributed by atoms with E-state index in [1.165, 1.54) is 22.5 Å². The number of aromatic nitrogens is 1. The lowest BCUT2D eigenvalue weighted by Crippen LogP contribution is -2.31. The van der Waals surface area contributed by atoms with Crippen molar-refractivity contribution in [3.05, 3.63) is 57.5 Å². The first kappa shape index (κ1) is 22.6. The fourth-order valence-corrected chi connectivity index (χ4v) is 5.66. The van der Waals surface area contributed by atoms with Crippen molar-refractivity contribution in [3.8, 4) is 0 Å². The number of hydrogen-bond donors (Lipinski definition) is 1. The van der Waals surface area contributed by atoms with E-state index in [9.17, 15) is 18.0 Å². The molecule has 1 aliphatic rings. The van der Waals surface area contributed by atoms with E-state index in [0.29, 0.717) is 29.3 Å². The van der Waals surface area contributed by atoms with Crippen molar-refractivity contribution in [2.45, 2.75) is 44.0 Å². The molecule has 2 aromatic carbocycles. The van der Waals surface area contributed by atoms with Crippen LogP contribution in [0.25, 0.3) is 11.1 Å². The van der Waals surface area contributed by atoms with Gasteiger partial charge in [0.25, 0.3) is 0 Å². The van der Waals surface area contributed by atoms with Crippen molar-refractivity contribution >= 4 is 44.3 Å². The quantitative estimate of drug-likeness (QED) is 0.602. The first-order valence-corrected chi connectivity index (χ1v) is 12.3. The first-order valence-electron chi connectivity index (χ1n) is 10.5. The third kappa shape index (κ3) is 4.60. The number of sulfonamides is 1. The summed E-state index contributed by atoms with van der Waals surface area (Å²) < 4.78 is 34.0. The molecule has 32 heavy (non-hydrogen) atoms. The topological polar surface area (TPSA) is 102 Å². The predicted molar refractivity (Wildman–Crippen MR) is 123 cm³/mol. The number of aryl methyl sites for hydroxylation is 1. The Bertz CT molecular complexity index is 1320. The number of carbonyl (C=O) groups excluding carboxylic acids is 1. The Kier molecular flexibility index (Phi) is 6.41. The second kappa shape index (κ2) is 9.09. The maximum absolute atomic E-state index is 13.0. The molecule has 0 radical (unpaired) electrons. The lowest BCUT2D eigenvalue weighted by Gasteiger charge is -2.19. The van der Waals surface area contributed by atoms with Gasteiger partial charge in [-0.3, -0.25) is 9.36 Å². The molecule has 10 heteroatoms. The molecule has 1 aromatic heterocycles. The maximum atomic E-state index is 13.0. The molecule has 170 valence electrons. The van der Waals surface area contributed by atoms with Crippen LogP contribution in [-0.4, -0.2) is 36.3 Å². The highest BCUT2D eigenvalue weighted by Crippen LogP contribution is 2.25. The standard InChI is InChI=1S/C22H24ClN3O5S/c1-15-6-8-18(17(23)12-15)24-21(27)14-26-19-9-7-16(13-20(19)31-22(26)28)32(29,30)25-10-4-2-3-5-11-25/h6-9,12-13H,2-5,10-11,14H2,1H3,(H,24,27). The Hall–Kier alpha value is -2.62. The normalized spacial score (nSPS) is 15.6. The summed E-state index contributed by atoms with van der Waals surface area (Å²) in [5, 5.41) is 3.07. The smallest absolute Gasteiger partial charge is 0.408 e. The number of oxazole rings is 1. The van der Waals surface area contributed by atoms with Crippen LogP contribution in [0, 0.1) is 6.92 Å². The number of carbonyl (C=O) groups is 1. The van der Waals surface area contributed by atoms with E-state index in [1.807, 2.05) is 13.0 Å². The van der Waals surface area contributed by atoms with Crippen LogP contribution in [-0.2, 0) is 21.4 Å². The third-order valence-electron chi connectivity index (χ3n) is 5.54. The molecule has 4 rings (SSSR count). The van der Waals surface area contributed by atoms with Gasteiger partial charge in [0.15, 0.2) is 5.58 Å². The molecule has 1 amide bonds. The fraction of sp³-hybridized carbons (Fsp3) is 0.364. The Morgan fingerprint density at radius 3 is 2.50 bits per heavy atom. The number of benzene rings is 2. The van der Waals surface area contributed by atoms with Crippen molar-refractivity contribution < 1.29 is 17.6 Å². The maximum Gasteiger partial charge on any atom is 0.420 e. The summed E-state index contributed by atoms with van der Waals surface area (Å²) in [6.45, 7) is 2.55. The van der Waals surface area contributed by atoms with Gasteiger partial charge in [0.1, 0.15) is 6.54 Å². The lowest BCUT2D eigenvalue weighted by molar-refractivity contribution is -0.116. The molecule has 1 N–H and O–H groups in total. The molecule has 0 unspecified atom stereocenters. The molecule has 0 aliphatic carbocycles. The van der Waals surface area contributed by atoms with Crippen molar-refractivity contribution in [1.29, 1.82) is 0 Å². The SMILES string of the molecule is Cc1ccc(NC(=O)Cn2c(=O)oc3cc(S(=O)(=O)N4CCCCCC4)ccc32)c(Cl)c1. The molecule has 0 bridgehead atoms. The fourth-order valence-electron chi connectivity index (χ4n) is 3.84. The number of anilines is 1. The van der Waals surface area contributed by atoms with Crippen LogP contribution < -0.4 is 11.1 Å². The number of hydrogen-bond acceptors (Lipinski definition) is 5. The zero-order valence-electron chi connectivity index (χ0n) is 17.6. The molecule has 0 saturated carbocycles. The van der Waals surface area contributed by atoms with E-state index in [-0.39, 0.29) is 17.0 Å². The lowest BCUT2D eigenvalue weighted by atomic mass is 10.2. The van der Waals surface area contributed by atoms with Crippen LogP contribution in [0.3, 0.4) is 0 Å². The van der Waals surface area contributed by atoms with E-state index in [1.54, 1.807) is 12.1 Å². The van der Waals surface area contributed by atoms with Crippen LogP contribution in [0.2, 0.25) is 5.02 Å². The summed E-state index contributed by atoms with van der Waals surface area (Å²) in [5.41, 5.74) is 1.85. The van der Waals surface area contributed by atoms with Crippen LogP contribution in [0.15, 0.2) is 50.5 Å². The second-order valence-corrected chi connectivity index (χ2v) is 10.3. The first-order chi connectivity index (χ1) is 15.3. The predicted octanol–water partition coefficient (Wildman–Crippen LogP) is 3.76. The Balaban J connectivity index is 1.58. The summed E-state index contributed by atoms with van der Waals surface area (Å²) in [6, 6.07) is 9.52. The number of amides is 1. The van der Waals surface area contributed by atoms with Crippen LogP contribution in [0.5, 0.6) is 0 Å². The summed E-state index contributed by atoms with van der Waals surface area (Å²) in [4.78, 5) is 25.0. The van der Waals surface area contributed by atoms with Crippen molar-refractivity contribution in [3.63, 3.8) is 0 Å². The molecule has 3 aromatic rings. The molecule has 0 spiro atoms. The third-order valence-corrected chi connectivity index (χ3v) is 7.75. The number of nitrogens with zero attached hydrogens (tertiary/aromatic N) is 2. The van der Waals surface area contributed by atoms with Gasteiger partial charge in [0.2, 0.25) is 15.9 Å². The van der Waals surface area contributed by atoms with E-state index in [0.717, 1.165) is 35.8 Å². The van der Waals surface area contributed by atoms with Gasteiger partial charge >= 0.3 is 5.76 Å². The highest BCUT2D eigenvalue weighted by atomic mass is 35.5. The van der Waals surface area contributed by atoms with Gasteiger partial charge in [0.05, 0.1) is 21.1 Å². The van der Waals surface area contributed by atoms with Crippen molar-refractivity contribution in [1.82, 2.24) is 8.87 Å². The second-order valence-electron chi connectivity index (χ2n) is 7.93. The van der Waals surface area contributed by atoms with Gasteiger partial charge in [-0.15, -0.1) is 0 Å². The van der Waals surface area contributed by atoms with Crippen molar-refractivity contribution in [2.24, 2.45) is 0 Å². The Labute approximate surface area is 190 Å². The number of rotatable bonds is 5. The van der Waals surface area contributed by atoms with Gasteiger partial charge in [0, 0.05) is 19.2 Å². The van der Waals surface area contributed by atoms with Gasteiger partial charge < -0.3 is 9.73 Å². The number of nitrogens with one attached hydrogen (secondary N) is 1. The summed E-state index contributed by atoms with van der Waals surface area (Å²) in [5.74, 6) is -1.20. The molecule has 1 saturated heterocycles. The van der Waals surface area contributed by atoms with E-state index in [4.69, 9.17) is 16.0 Å². The molecule has 8 nitrogen and oxygen atoms in total. The minimum absolute atomic E-state index is 0.0729. The molecule has 1 aliphatic heterocycles. The van der Waals surface area contributed by atoms with Gasteiger partial charge in [-0.2, -0.15) is 4.31 Å². The average Bonchev–Trinajstić information content (AvgIpc) is 2.92. The minimum atomic E-state index is -3.68. The Morgan fingerprint density at radius 1 is 1.09 bits per heavy atom. The number of halogens is 1. The summed E-state index contributed by atoms with van der Waals surface area (Å²) >= 11 is 6.15. The molecule has 1 fully saturated rings. The van der Waals surface area contributed by atoms with Crippen molar-refractivity contribution in [2.75, 3.05) is 18.4 Å². The van der Waals surface area contributed by atoms with Crippen LogP contribution in [0.1, 0.15) is 31.2 Å². The zero-order valence-corrected chi connectivity index (χ0v) is 19.2. The minimum Gasteiger partial charge on any atom is -0.408 e.